The van der Waals surface area contributed by atoms with Crippen LogP contribution in [0.3, 0.4) is 0 Å². The molecule has 0 aliphatic carbocycles. The van der Waals surface area contributed by atoms with Gasteiger partial charge >= 0.3 is 0 Å². The molecule has 0 spiro atoms. The molecule has 0 aromatic heterocycles. The number of amides is 1. The van der Waals surface area contributed by atoms with Gasteiger partial charge in [-0.25, -0.2) is 0 Å². The molecule has 0 unspecified atom stereocenters. The Hall–Kier alpha value is -3.88. The number of aryl methyl sites for hydroxylation is 1. The van der Waals surface area contributed by atoms with Crippen molar-refractivity contribution in [1.29, 1.82) is 5.26 Å². The number of carbonyl (C=O) groups is 1. The Morgan fingerprint density at radius 1 is 1.03 bits per heavy atom. The second kappa shape index (κ2) is 10.2. The quantitative estimate of drug-likeness (QED) is 0.230. The third-order valence-electron chi connectivity index (χ3n) is 5.21. The number of carbonyl (C=O) groups excluding carboxylic acids is 1. The molecule has 0 fully saturated rings. The van der Waals surface area contributed by atoms with Crippen LogP contribution in [-0.2, 0) is 11.4 Å². The summed E-state index contributed by atoms with van der Waals surface area (Å²) in [6.07, 6.45) is 1.55. The van der Waals surface area contributed by atoms with Crippen molar-refractivity contribution in [2.45, 2.75) is 13.5 Å². The van der Waals surface area contributed by atoms with Crippen LogP contribution in [-0.4, -0.2) is 5.91 Å². The average molecular weight is 497 g/mol. The maximum absolute atomic E-state index is 12.7. The zero-order valence-electron chi connectivity index (χ0n) is 18.0. The molecule has 33 heavy (non-hydrogen) atoms. The lowest BCUT2D eigenvalue weighted by Crippen LogP contribution is -2.13. The lowest BCUT2D eigenvalue weighted by Gasteiger charge is -2.12. The highest BCUT2D eigenvalue weighted by Gasteiger charge is 2.12. The molecule has 4 aromatic carbocycles. The third kappa shape index (κ3) is 5.49. The van der Waals surface area contributed by atoms with E-state index >= 15 is 0 Å². The summed E-state index contributed by atoms with van der Waals surface area (Å²) in [7, 11) is 0. The molecule has 4 rings (SSSR count). The number of hydrogen-bond acceptors (Lipinski definition) is 3. The molecule has 5 heteroatoms. The summed E-state index contributed by atoms with van der Waals surface area (Å²) in [5, 5.41) is 14.7. The van der Waals surface area contributed by atoms with Crippen molar-refractivity contribution in [3.8, 4) is 11.8 Å². The van der Waals surface area contributed by atoms with Crippen LogP contribution in [0.2, 0.25) is 0 Å². The summed E-state index contributed by atoms with van der Waals surface area (Å²) in [6.45, 7) is 2.33. The minimum absolute atomic E-state index is 0.0105. The number of ether oxygens (including phenoxy) is 1. The largest absolute Gasteiger partial charge is 0.488 e. The molecule has 162 valence electrons. The van der Waals surface area contributed by atoms with Crippen LogP contribution in [0.4, 0.5) is 5.69 Å². The number of rotatable bonds is 6. The number of hydrogen-bond donors (Lipinski definition) is 1. The Kier molecular flexibility index (Phi) is 6.87. The van der Waals surface area contributed by atoms with Crippen LogP contribution >= 0.6 is 15.9 Å². The van der Waals surface area contributed by atoms with Gasteiger partial charge in [0.1, 0.15) is 24.0 Å². The molecule has 0 radical (unpaired) electrons. The Labute approximate surface area is 201 Å². The maximum atomic E-state index is 12.7. The van der Waals surface area contributed by atoms with Gasteiger partial charge in [-0.1, -0.05) is 76.1 Å². The predicted molar refractivity (Wildman–Crippen MR) is 136 cm³/mol. The van der Waals surface area contributed by atoms with Gasteiger partial charge in [0.2, 0.25) is 0 Å². The van der Waals surface area contributed by atoms with Gasteiger partial charge in [-0.15, -0.1) is 0 Å². The Morgan fingerprint density at radius 2 is 1.79 bits per heavy atom. The van der Waals surface area contributed by atoms with Crippen molar-refractivity contribution in [2.75, 3.05) is 5.32 Å². The number of nitriles is 1. The molecule has 1 N–H and O–H groups in total. The normalized spacial score (nSPS) is 11.1. The smallest absolute Gasteiger partial charge is 0.266 e. The van der Waals surface area contributed by atoms with Crippen molar-refractivity contribution >= 4 is 44.4 Å². The fraction of sp³-hybridized carbons (Fsp3) is 0.0714. The maximum Gasteiger partial charge on any atom is 0.266 e. The topological polar surface area (TPSA) is 62.1 Å². The Bertz CT molecular complexity index is 1380. The molecule has 4 aromatic rings. The van der Waals surface area contributed by atoms with Crippen molar-refractivity contribution in [3.05, 3.63) is 112 Å². The van der Waals surface area contributed by atoms with Crippen LogP contribution < -0.4 is 10.1 Å². The second-order valence-electron chi connectivity index (χ2n) is 7.60. The van der Waals surface area contributed by atoms with Crippen molar-refractivity contribution in [3.63, 3.8) is 0 Å². The van der Waals surface area contributed by atoms with E-state index in [0.29, 0.717) is 23.6 Å². The summed E-state index contributed by atoms with van der Waals surface area (Å²) in [5.74, 6) is 0.114. The summed E-state index contributed by atoms with van der Waals surface area (Å²) in [4.78, 5) is 12.7. The number of nitrogens with zero attached hydrogens (tertiary/aromatic N) is 1. The van der Waals surface area contributed by atoms with E-state index in [1.807, 2.05) is 67.6 Å². The first kappa shape index (κ1) is 22.3. The highest BCUT2D eigenvalue weighted by molar-refractivity contribution is 9.10. The Balaban J connectivity index is 1.59. The average Bonchev–Trinajstić information content (AvgIpc) is 2.83. The monoisotopic (exact) mass is 496 g/mol. The minimum Gasteiger partial charge on any atom is -0.488 e. The molecular formula is C28H21BrN2O2. The van der Waals surface area contributed by atoms with E-state index in [-0.39, 0.29) is 5.57 Å². The number of halogens is 1. The zero-order chi connectivity index (χ0) is 23.2. The van der Waals surface area contributed by atoms with E-state index in [4.69, 9.17) is 4.74 Å². The molecule has 0 aliphatic rings. The molecule has 0 saturated carbocycles. The van der Waals surface area contributed by atoms with Crippen LogP contribution in [0.5, 0.6) is 5.75 Å². The standard InChI is InChI=1S/C28H21BrN2O2/c1-19-9-12-25(13-10-19)31-28(32)23(17-30)15-22-16-24(29)11-14-27(22)33-18-21-7-4-6-20-5-2-3-8-26(20)21/h2-16H,18H2,1H3,(H,31,32)/b23-15-. The Morgan fingerprint density at radius 3 is 2.58 bits per heavy atom. The number of nitrogens with one attached hydrogen (secondary N) is 1. The summed E-state index contributed by atoms with van der Waals surface area (Å²) >= 11 is 3.47. The molecule has 0 heterocycles. The van der Waals surface area contributed by atoms with Gasteiger partial charge in [-0.3, -0.25) is 4.79 Å². The van der Waals surface area contributed by atoms with Crippen LogP contribution in [0.15, 0.2) is 95.0 Å². The summed E-state index contributed by atoms with van der Waals surface area (Å²) < 4.78 is 6.96. The van der Waals surface area contributed by atoms with Gasteiger partial charge in [0, 0.05) is 15.7 Å². The van der Waals surface area contributed by atoms with Crippen molar-refractivity contribution < 1.29 is 9.53 Å². The third-order valence-corrected chi connectivity index (χ3v) is 5.70. The second-order valence-corrected chi connectivity index (χ2v) is 8.51. The fourth-order valence-corrected chi connectivity index (χ4v) is 3.86. The number of anilines is 1. The van der Waals surface area contributed by atoms with E-state index < -0.39 is 5.91 Å². The lowest BCUT2D eigenvalue weighted by molar-refractivity contribution is -0.112. The van der Waals surface area contributed by atoms with Gasteiger partial charge in [-0.2, -0.15) is 5.26 Å². The zero-order valence-corrected chi connectivity index (χ0v) is 19.6. The first-order valence-corrected chi connectivity index (χ1v) is 11.2. The minimum atomic E-state index is -0.471. The van der Waals surface area contributed by atoms with Crippen LogP contribution in [0.1, 0.15) is 16.7 Å². The molecule has 1 amide bonds. The molecule has 0 bridgehead atoms. The molecule has 0 aliphatic heterocycles. The summed E-state index contributed by atoms with van der Waals surface area (Å²) in [5.41, 5.74) is 3.41. The van der Waals surface area contributed by atoms with Gasteiger partial charge in [0.15, 0.2) is 0 Å². The SMILES string of the molecule is Cc1ccc(NC(=O)/C(C#N)=C\c2cc(Br)ccc2OCc2cccc3ccccc23)cc1. The number of fused-ring (bicyclic) bond motifs is 1. The molecule has 4 nitrogen and oxygen atoms in total. The van der Waals surface area contributed by atoms with Crippen LogP contribution in [0.25, 0.3) is 16.8 Å². The van der Waals surface area contributed by atoms with Gasteiger partial charge in [0.05, 0.1) is 0 Å². The number of benzene rings is 4. The highest BCUT2D eigenvalue weighted by Crippen LogP contribution is 2.28. The predicted octanol–water partition coefficient (Wildman–Crippen LogP) is 7.04. The summed E-state index contributed by atoms with van der Waals surface area (Å²) in [6, 6.07) is 29.2. The van der Waals surface area contributed by atoms with Gasteiger partial charge in [-0.05, 0) is 59.7 Å². The van der Waals surface area contributed by atoms with Gasteiger partial charge in [0.25, 0.3) is 5.91 Å². The van der Waals surface area contributed by atoms with E-state index in [1.165, 1.54) is 0 Å². The van der Waals surface area contributed by atoms with Crippen molar-refractivity contribution in [1.82, 2.24) is 0 Å². The van der Waals surface area contributed by atoms with Crippen LogP contribution in [0, 0.1) is 18.3 Å². The first-order chi connectivity index (χ1) is 16.0. The fourth-order valence-electron chi connectivity index (χ4n) is 3.48. The van der Waals surface area contributed by atoms with E-state index in [9.17, 15) is 10.1 Å². The lowest BCUT2D eigenvalue weighted by atomic mass is 10.1. The van der Waals surface area contributed by atoms with Crippen molar-refractivity contribution in [2.24, 2.45) is 0 Å². The molecular weight excluding hydrogens is 476 g/mol. The first-order valence-electron chi connectivity index (χ1n) is 10.4. The van der Waals surface area contributed by atoms with E-state index in [1.54, 1.807) is 18.2 Å². The molecule has 0 atom stereocenters. The van der Waals surface area contributed by atoms with E-state index in [2.05, 4.69) is 39.4 Å². The van der Waals surface area contributed by atoms with Gasteiger partial charge < -0.3 is 10.1 Å². The van der Waals surface area contributed by atoms with E-state index in [0.717, 1.165) is 26.4 Å². The molecule has 0 saturated heterocycles. The highest BCUT2D eigenvalue weighted by atomic mass is 79.9.